The third-order valence-electron chi connectivity index (χ3n) is 2.93. The van der Waals surface area contributed by atoms with Gasteiger partial charge < -0.3 is 10.5 Å². The van der Waals surface area contributed by atoms with Crippen molar-refractivity contribution in [1.82, 2.24) is 0 Å². The first-order chi connectivity index (χ1) is 8.78. The van der Waals surface area contributed by atoms with Crippen LogP contribution in [0, 0.1) is 5.82 Å². The number of carbonyl (C=O) groups is 1. The molecule has 2 N–H and O–H groups in total. The van der Waals surface area contributed by atoms with Crippen LogP contribution in [0.1, 0.15) is 32.8 Å². The predicted octanol–water partition coefficient (Wildman–Crippen LogP) is 3.10. The molecule has 1 heterocycles. The Morgan fingerprint density at radius 3 is 2.74 bits per heavy atom. The fourth-order valence-corrected chi connectivity index (χ4v) is 2.13. The molecular weight excluding hydrogens is 247 g/mol. The van der Waals surface area contributed by atoms with Gasteiger partial charge in [0.05, 0.1) is 11.4 Å². The monoisotopic (exact) mass is 266 g/mol. The largest absolute Gasteiger partial charge is 0.443 e. The number of aryl methyl sites for hydroxylation is 1. The summed E-state index contributed by atoms with van der Waals surface area (Å²) in [6, 6.07) is 2.91. The summed E-state index contributed by atoms with van der Waals surface area (Å²) < 4.78 is 18.9. The number of rotatable bonds is 0. The maximum Gasteiger partial charge on any atom is 0.414 e. The number of nitrogens with two attached hydrogens (primary N) is 1. The van der Waals surface area contributed by atoms with E-state index in [1.54, 1.807) is 26.8 Å². The highest BCUT2D eigenvalue weighted by molar-refractivity contribution is 5.90. The molecule has 0 saturated heterocycles. The van der Waals surface area contributed by atoms with Crippen LogP contribution in [0.15, 0.2) is 12.1 Å². The number of fused-ring (bicyclic) bond motifs is 1. The van der Waals surface area contributed by atoms with Crippen molar-refractivity contribution < 1.29 is 13.9 Å². The fraction of sp³-hybridized carbons (Fsp3) is 0.500. The predicted molar refractivity (Wildman–Crippen MR) is 72.7 cm³/mol. The minimum Gasteiger partial charge on any atom is -0.443 e. The van der Waals surface area contributed by atoms with Gasteiger partial charge in [-0.25, -0.2) is 9.18 Å². The van der Waals surface area contributed by atoms with E-state index >= 15 is 0 Å². The highest BCUT2D eigenvalue weighted by Gasteiger charge is 2.28. The van der Waals surface area contributed by atoms with Gasteiger partial charge in [0.1, 0.15) is 11.4 Å². The lowest BCUT2D eigenvalue weighted by atomic mass is 10.0. The standard InChI is InChI=1S/C14H19FN2O2/c1-14(2,3)19-13(18)17-6-4-5-9-7-11(16)10(15)8-12(9)17/h7-8H,4-6,16H2,1-3H3. The number of hydrogen-bond donors (Lipinski definition) is 1. The van der Waals surface area contributed by atoms with Crippen molar-refractivity contribution in [3.8, 4) is 0 Å². The van der Waals surface area contributed by atoms with Crippen molar-refractivity contribution in [3.05, 3.63) is 23.5 Å². The van der Waals surface area contributed by atoms with Crippen LogP contribution in [0.5, 0.6) is 0 Å². The molecular formula is C14H19FN2O2. The van der Waals surface area contributed by atoms with E-state index in [0.717, 1.165) is 18.4 Å². The SMILES string of the molecule is CC(C)(C)OC(=O)N1CCCc2cc(N)c(F)cc21. The summed E-state index contributed by atoms with van der Waals surface area (Å²) >= 11 is 0. The molecule has 1 aliphatic heterocycles. The minimum absolute atomic E-state index is 0.116. The molecule has 1 aromatic rings. The van der Waals surface area contributed by atoms with Gasteiger partial charge in [-0.2, -0.15) is 0 Å². The Labute approximate surface area is 112 Å². The maximum absolute atomic E-state index is 13.6. The van der Waals surface area contributed by atoms with Gasteiger partial charge in [0.15, 0.2) is 0 Å². The lowest BCUT2D eigenvalue weighted by molar-refractivity contribution is 0.0578. The van der Waals surface area contributed by atoms with Gasteiger partial charge >= 0.3 is 6.09 Å². The van der Waals surface area contributed by atoms with E-state index in [-0.39, 0.29) is 5.69 Å². The second kappa shape index (κ2) is 4.72. The second-order valence-corrected chi connectivity index (χ2v) is 5.74. The van der Waals surface area contributed by atoms with Crippen molar-refractivity contribution in [3.63, 3.8) is 0 Å². The molecule has 2 rings (SSSR count). The molecule has 0 radical (unpaired) electrons. The van der Waals surface area contributed by atoms with Gasteiger partial charge in [0, 0.05) is 12.6 Å². The molecule has 1 aliphatic rings. The van der Waals surface area contributed by atoms with Crippen molar-refractivity contribution >= 4 is 17.5 Å². The molecule has 0 aliphatic carbocycles. The number of halogens is 1. The molecule has 4 nitrogen and oxygen atoms in total. The third kappa shape index (κ3) is 2.97. The highest BCUT2D eigenvalue weighted by Crippen LogP contribution is 2.31. The normalized spacial score (nSPS) is 15.1. The highest BCUT2D eigenvalue weighted by atomic mass is 19.1. The lowest BCUT2D eigenvalue weighted by Gasteiger charge is -2.31. The van der Waals surface area contributed by atoms with Crippen molar-refractivity contribution in [2.45, 2.75) is 39.2 Å². The smallest absolute Gasteiger partial charge is 0.414 e. The van der Waals surface area contributed by atoms with E-state index in [9.17, 15) is 9.18 Å². The van der Waals surface area contributed by atoms with E-state index in [4.69, 9.17) is 10.5 Å². The third-order valence-corrected chi connectivity index (χ3v) is 2.93. The zero-order valence-electron chi connectivity index (χ0n) is 11.5. The number of ether oxygens (including phenoxy) is 1. The fourth-order valence-electron chi connectivity index (χ4n) is 2.13. The number of amides is 1. The van der Waals surface area contributed by atoms with Crippen LogP contribution >= 0.6 is 0 Å². The first-order valence-electron chi connectivity index (χ1n) is 6.36. The molecule has 1 aromatic carbocycles. The van der Waals surface area contributed by atoms with E-state index in [0.29, 0.717) is 12.2 Å². The van der Waals surface area contributed by atoms with Crippen molar-refractivity contribution in [2.24, 2.45) is 0 Å². The summed E-state index contributed by atoms with van der Waals surface area (Å²) in [5, 5.41) is 0. The number of carbonyl (C=O) groups excluding carboxylic acids is 1. The van der Waals surface area contributed by atoms with E-state index in [1.807, 2.05) is 0 Å². The number of hydrogen-bond acceptors (Lipinski definition) is 3. The first kappa shape index (κ1) is 13.6. The van der Waals surface area contributed by atoms with E-state index < -0.39 is 17.5 Å². The Morgan fingerprint density at radius 2 is 2.11 bits per heavy atom. The molecule has 0 saturated carbocycles. The van der Waals surface area contributed by atoms with Crippen LogP contribution in [-0.2, 0) is 11.2 Å². The summed E-state index contributed by atoms with van der Waals surface area (Å²) in [5.74, 6) is -0.505. The molecule has 0 aromatic heterocycles. The van der Waals surface area contributed by atoms with E-state index in [1.165, 1.54) is 11.0 Å². The van der Waals surface area contributed by atoms with Crippen LogP contribution in [0.2, 0.25) is 0 Å². The molecule has 0 bridgehead atoms. The maximum atomic E-state index is 13.6. The minimum atomic E-state index is -0.568. The summed E-state index contributed by atoms with van der Waals surface area (Å²) in [7, 11) is 0. The van der Waals surface area contributed by atoms with Crippen LogP contribution in [0.25, 0.3) is 0 Å². The quantitative estimate of drug-likeness (QED) is 0.734. The average Bonchev–Trinajstić information content (AvgIpc) is 2.27. The average molecular weight is 266 g/mol. The molecule has 0 spiro atoms. The Kier molecular flexibility index (Phi) is 3.39. The van der Waals surface area contributed by atoms with E-state index in [2.05, 4.69) is 0 Å². The van der Waals surface area contributed by atoms with Gasteiger partial charge in [-0.3, -0.25) is 4.90 Å². The van der Waals surface area contributed by atoms with Gasteiger partial charge in [-0.05, 0) is 45.2 Å². The number of nitrogens with zero attached hydrogens (tertiary/aromatic N) is 1. The van der Waals surface area contributed by atoms with Gasteiger partial charge in [0.2, 0.25) is 0 Å². The van der Waals surface area contributed by atoms with Crippen LogP contribution in [-0.4, -0.2) is 18.2 Å². The first-order valence-corrected chi connectivity index (χ1v) is 6.36. The zero-order chi connectivity index (χ0) is 14.2. The molecule has 0 atom stereocenters. The topological polar surface area (TPSA) is 55.6 Å². The molecule has 0 unspecified atom stereocenters. The Hall–Kier alpha value is -1.78. The van der Waals surface area contributed by atoms with Gasteiger partial charge in [-0.1, -0.05) is 0 Å². The summed E-state index contributed by atoms with van der Waals surface area (Å²) in [4.78, 5) is 13.6. The second-order valence-electron chi connectivity index (χ2n) is 5.74. The Bertz CT molecular complexity index is 509. The summed E-state index contributed by atoms with van der Waals surface area (Å²) in [5.41, 5.74) is 6.55. The zero-order valence-corrected chi connectivity index (χ0v) is 11.5. The lowest BCUT2D eigenvalue weighted by Crippen LogP contribution is -2.39. The van der Waals surface area contributed by atoms with Gasteiger partial charge in [-0.15, -0.1) is 0 Å². The summed E-state index contributed by atoms with van der Waals surface area (Å²) in [6.07, 6.45) is 1.16. The van der Waals surface area contributed by atoms with Crippen LogP contribution in [0.3, 0.4) is 0 Å². The van der Waals surface area contributed by atoms with Crippen molar-refractivity contribution in [2.75, 3.05) is 17.2 Å². The Morgan fingerprint density at radius 1 is 1.42 bits per heavy atom. The van der Waals surface area contributed by atoms with Crippen LogP contribution in [0.4, 0.5) is 20.6 Å². The molecule has 5 heteroatoms. The number of nitrogen functional groups attached to an aromatic ring is 1. The molecule has 19 heavy (non-hydrogen) atoms. The van der Waals surface area contributed by atoms with Gasteiger partial charge in [0.25, 0.3) is 0 Å². The van der Waals surface area contributed by atoms with Crippen molar-refractivity contribution in [1.29, 1.82) is 0 Å². The number of anilines is 2. The molecule has 104 valence electrons. The summed E-state index contributed by atoms with van der Waals surface area (Å²) in [6.45, 7) is 5.95. The van der Waals surface area contributed by atoms with Crippen LogP contribution < -0.4 is 10.6 Å². The Balaban J connectivity index is 2.32. The molecule has 1 amide bonds. The molecule has 0 fully saturated rings. The number of benzene rings is 1.